The van der Waals surface area contributed by atoms with E-state index in [0.717, 1.165) is 36.7 Å². The van der Waals surface area contributed by atoms with Crippen LogP contribution in [0, 0.1) is 17.1 Å². The molecule has 0 radical (unpaired) electrons. The molecule has 2 aromatic rings. The van der Waals surface area contributed by atoms with Crippen LogP contribution >= 0.6 is 0 Å². The van der Waals surface area contributed by atoms with Crippen LogP contribution in [0.5, 0.6) is 0 Å². The third-order valence-electron chi connectivity index (χ3n) is 4.56. The fourth-order valence-electron chi connectivity index (χ4n) is 3.02. The predicted octanol–water partition coefficient (Wildman–Crippen LogP) is 2.92. The number of nitrogens with one attached hydrogen (secondary N) is 1. The first-order valence-electron chi connectivity index (χ1n) is 9.13. The van der Waals surface area contributed by atoms with E-state index in [-0.39, 0.29) is 25.6 Å². The second-order valence-corrected chi connectivity index (χ2v) is 6.73. The van der Waals surface area contributed by atoms with Gasteiger partial charge in [-0.25, -0.2) is 14.4 Å². The molecule has 31 heavy (non-hydrogen) atoms. The number of halogens is 4. The maximum atomic E-state index is 13.0. The summed E-state index contributed by atoms with van der Waals surface area (Å²) in [5, 5.41) is 11.6. The van der Waals surface area contributed by atoms with Crippen LogP contribution in [0.15, 0.2) is 48.8 Å². The van der Waals surface area contributed by atoms with Gasteiger partial charge in [-0.3, -0.25) is 4.79 Å². The van der Waals surface area contributed by atoms with Crippen LogP contribution in [0.3, 0.4) is 0 Å². The SMILES string of the molecule is N#C/C=C/C(=O)N1C[C@@H](Nc2ncc(F)cn2)[C@H](OCc2ccc(C(F)(F)F)cc2)C1. The van der Waals surface area contributed by atoms with E-state index in [2.05, 4.69) is 15.3 Å². The first kappa shape index (κ1) is 22.2. The number of hydrogen-bond acceptors (Lipinski definition) is 6. The monoisotopic (exact) mass is 435 g/mol. The summed E-state index contributed by atoms with van der Waals surface area (Å²) < 4.78 is 57.0. The zero-order valence-corrected chi connectivity index (χ0v) is 16.0. The Kier molecular flexibility index (Phi) is 6.81. The first-order chi connectivity index (χ1) is 14.8. The van der Waals surface area contributed by atoms with Crippen molar-refractivity contribution in [2.45, 2.75) is 24.9 Å². The van der Waals surface area contributed by atoms with Crippen LogP contribution in [0.2, 0.25) is 0 Å². The molecule has 7 nitrogen and oxygen atoms in total. The zero-order chi connectivity index (χ0) is 22.4. The second-order valence-electron chi connectivity index (χ2n) is 6.73. The fraction of sp³-hybridized carbons (Fsp3) is 0.300. The molecule has 11 heteroatoms. The van der Waals surface area contributed by atoms with Gasteiger partial charge in [0.05, 0.1) is 42.8 Å². The lowest BCUT2D eigenvalue weighted by Crippen LogP contribution is -2.35. The smallest absolute Gasteiger partial charge is 0.369 e. The third kappa shape index (κ3) is 5.99. The normalized spacial score (nSPS) is 18.9. The van der Waals surface area contributed by atoms with E-state index in [0.29, 0.717) is 5.56 Å². The number of carbonyl (C=O) groups is 1. The maximum absolute atomic E-state index is 13.0. The number of amides is 1. The van der Waals surface area contributed by atoms with Gasteiger partial charge in [0.2, 0.25) is 11.9 Å². The van der Waals surface area contributed by atoms with Gasteiger partial charge in [0.15, 0.2) is 5.82 Å². The lowest BCUT2D eigenvalue weighted by Gasteiger charge is -2.20. The molecule has 1 aliphatic rings. The summed E-state index contributed by atoms with van der Waals surface area (Å²) >= 11 is 0. The average Bonchev–Trinajstić information content (AvgIpc) is 3.14. The van der Waals surface area contributed by atoms with E-state index in [1.54, 1.807) is 6.07 Å². The molecule has 3 rings (SSSR count). The van der Waals surface area contributed by atoms with Gasteiger partial charge in [0.1, 0.15) is 0 Å². The first-order valence-corrected chi connectivity index (χ1v) is 9.13. The highest BCUT2D eigenvalue weighted by atomic mass is 19.4. The van der Waals surface area contributed by atoms with Crippen molar-refractivity contribution < 1.29 is 27.1 Å². The standard InChI is InChI=1S/C20H17F4N5O2/c21-15-8-26-19(27-9-15)28-16-10-29(18(30)2-1-7-25)11-17(16)31-12-13-3-5-14(6-4-13)20(22,23)24/h1-6,8-9,16-17H,10-12H2,(H,26,27,28)/b2-1+/t16-,17-/m1/s1. The summed E-state index contributed by atoms with van der Waals surface area (Å²) in [6, 6.07) is 5.86. The molecule has 2 heterocycles. The Balaban J connectivity index is 1.69. The molecule has 1 N–H and O–H groups in total. The molecule has 0 unspecified atom stereocenters. The Morgan fingerprint density at radius 1 is 1.26 bits per heavy atom. The Morgan fingerprint density at radius 3 is 2.55 bits per heavy atom. The number of alkyl halides is 3. The van der Waals surface area contributed by atoms with Gasteiger partial charge in [-0.05, 0) is 17.7 Å². The van der Waals surface area contributed by atoms with Gasteiger partial charge >= 0.3 is 6.18 Å². The third-order valence-corrected chi connectivity index (χ3v) is 4.56. The topological polar surface area (TPSA) is 91.1 Å². The van der Waals surface area contributed by atoms with Gasteiger partial charge in [-0.15, -0.1) is 0 Å². The number of allylic oxidation sites excluding steroid dienone is 1. The highest BCUT2D eigenvalue weighted by molar-refractivity contribution is 5.88. The summed E-state index contributed by atoms with van der Waals surface area (Å²) in [5.41, 5.74) is -0.231. The summed E-state index contributed by atoms with van der Waals surface area (Å²) in [6.45, 7) is 0.391. The number of carbonyl (C=O) groups excluding carboxylic acids is 1. The van der Waals surface area contributed by atoms with E-state index in [9.17, 15) is 22.4 Å². The lowest BCUT2D eigenvalue weighted by atomic mass is 10.1. The minimum Gasteiger partial charge on any atom is -0.369 e. The number of ether oxygens (including phenoxy) is 1. The van der Waals surface area contributed by atoms with Gasteiger partial charge in [-0.1, -0.05) is 12.1 Å². The van der Waals surface area contributed by atoms with Gasteiger partial charge in [0.25, 0.3) is 0 Å². The van der Waals surface area contributed by atoms with Crippen molar-refractivity contribution in [1.82, 2.24) is 14.9 Å². The second kappa shape index (κ2) is 9.53. The fourth-order valence-corrected chi connectivity index (χ4v) is 3.02. The zero-order valence-electron chi connectivity index (χ0n) is 16.0. The summed E-state index contributed by atoms with van der Waals surface area (Å²) in [7, 11) is 0. The number of nitriles is 1. The lowest BCUT2D eigenvalue weighted by molar-refractivity contribution is -0.137. The Morgan fingerprint density at radius 2 is 1.94 bits per heavy atom. The molecule has 1 aromatic heterocycles. The number of likely N-dealkylation sites (tertiary alicyclic amines) is 1. The molecule has 1 aromatic carbocycles. The van der Waals surface area contributed by atoms with Crippen molar-refractivity contribution in [2.75, 3.05) is 18.4 Å². The molecule has 0 bridgehead atoms. The van der Waals surface area contributed by atoms with Crippen LogP contribution in [0.25, 0.3) is 0 Å². The van der Waals surface area contributed by atoms with E-state index in [4.69, 9.17) is 10.00 Å². The molecule has 1 amide bonds. The minimum atomic E-state index is -4.42. The van der Waals surface area contributed by atoms with Gasteiger partial charge in [-0.2, -0.15) is 18.4 Å². The number of rotatable bonds is 6. The van der Waals surface area contributed by atoms with Crippen molar-refractivity contribution in [2.24, 2.45) is 0 Å². The van der Waals surface area contributed by atoms with Crippen LogP contribution < -0.4 is 5.32 Å². The van der Waals surface area contributed by atoms with Crippen LogP contribution in [-0.2, 0) is 22.3 Å². The molecule has 162 valence electrons. The molecule has 0 aliphatic carbocycles. The maximum Gasteiger partial charge on any atom is 0.416 e. The quantitative estimate of drug-likeness (QED) is 0.426. The predicted molar refractivity (Wildman–Crippen MR) is 101 cm³/mol. The minimum absolute atomic E-state index is 0.0152. The molecule has 1 saturated heterocycles. The Hall–Kier alpha value is -3.52. The molecule has 1 aliphatic heterocycles. The number of hydrogen-bond donors (Lipinski definition) is 1. The summed E-state index contributed by atoms with van der Waals surface area (Å²) in [5.74, 6) is -0.865. The van der Waals surface area contributed by atoms with E-state index >= 15 is 0 Å². The highest BCUT2D eigenvalue weighted by Crippen LogP contribution is 2.29. The number of anilines is 1. The number of nitrogens with zero attached hydrogens (tertiary/aromatic N) is 4. The van der Waals surface area contributed by atoms with Crippen LogP contribution in [-0.4, -0.2) is 46.0 Å². The number of aromatic nitrogens is 2. The van der Waals surface area contributed by atoms with Crippen molar-refractivity contribution in [3.63, 3.8) is 0 Å². The van der Waals surface area contributed by atoms with Gasteiger partial charge in [0, 0.05) is 25.2 Å². The van der Waals surface area contributed by atoms with Crippen LogP contribution in [0.1, 0.15) is 11.1 Å². The molecular formula is C20H17F4N5O2. The van der Waals surface area contributed by atoms with Crippen molar-refractivity contribution in [3.8, 4) is 6.07 Å². The largest absolute Gasteiger partial charge is 0.416 e. The van der Waals surface area contributed by atoms with E-state index in [1.807, 2.05) is 0 Å². The summed E-state index contributed by atoms with van der Waals surface area (Å²) in [4.78, 5) is 21.3. The molecule has 2 atom stereocenters. The number of benzene rings is 1. The molecule has 0 spiro atoms. The summed E-state index contributed by atoms with van der Waals surface area (Å²) in [6.07, 6.45) is -0.807. The van der Waals surface area contributed by atoms with E-state index < -0.39 is 35.6 Å². The van der Waals surface area contributed by atoms with Gasteiger partial charge < -0.3 is 15.0 Å². The van der Waals surface area contributed by atoms with Crippen molar-refractivity contribution in [3.05, 3.63) is 65.8 Å². The average molecular weight is 435 g/mol. The Labute approximate surface area is 175 Å². The Bertz CT molecular complexity index is 971. The highest BCUT2D eigenvalue weighted by Gasteiger charge is 2.36. The van der Waals surface area contributed by atoms with Crippen LogP contribution in [0.4, 0.5) is 23.5 Å². The van der Waals surface area contributed by atoms with Crippen molar-refractivity contribution >= 4 is 11.9 Å². The molecular weight excluding hydrogens is 418 g/mol. The molecule has 1 fully saturated rings. The van der Waals surface area contributed by atoms with Crippen molar-refractivity contribution in [1.29, 1.82) is 5.26 Å². The van der Waals surface area contributed by atoms with E-state index in [1.165, 1.54) is 17.0 Å². The molecule has 0 saturated carbocycles.